The first kappa shape index (κ1) is 14.5. The molecule has 5 heteroatoms. The summed E-state index contributed by atoms with van der Waals surface area (Å²) in [7, 11) is 0. The molecule has 3 rings (SSSR count). The zero-order valence-corrected chi connectivity index (χ0v) is 13.4. The van der Waals surface area contributed by atoms with E-state index in [-0.39, 0.29) is 5.41 Å². The summed E-state index contributed by atoms with van der Waals surface area (Å²) in [6.07, 6.45) is 2.57. The molecule has 5 nitrogen and oxygen atoms in total. The smallest absolute Gasteiger partial charge is 0.255 e. The van der Waals surface area contributed by atoms with Crippen molar-refractivity contribution in [2.45, 2.75) is 39.5 Å². The summed E-state index contributed by atoms with van der Waals surface area (Å²) < 4.78 is 7.55. The van der Waals surface area contributed by atoms with E-state index >= 15 is 0 Å². The third-order valence-corrected chi connectivity index (χ3v) is 4.09. The Kier molecular flexibility index (Phi) is 3.56. The van der Waals surface area contributed by atoms with Crippen LogP contribution in [-0.2, 0) is 5.41 Å². The lowest BCUT2D eigenvalue weighted by Gasteiger charge is -2.23. The van der Waals surface area contributed by atoms with Gasteiger partial charge in [-0.15, -0.1) is 0 Å². The Bertz CT molecular complexity index is 790. The van der Waals surface area contributed by atoms with Gasteiger partial charge in [0, 0.05) is 11.8 Å². The second-order valence-corrected chi connectivity index (χ2v) is 6.07. The molecule has 0 atom stereocenters. The van der Waals surface area contributed by atoms with Crippen LogP contribution in [0.4, 0.5) is 0 Å². The molecule has 114 valence electrons. The van der Waals surface area contributed by atoms with Gasteiger partial charge in [-0.1, -0.05) is 32.9 Å². The normalized spacial score (nSPS) is 11.8. The second-order valence-electron chi connectivity index (χ2n) is 6.07. The van der Waals surface area contributed by atoms with Gasteiger partial charge in [-0.3, -0.25) is 0 Å². The number of aryl methyl sites for hydroxylation is 1. The van der Waals surface area contributed by atoms with Crippen molar-refractivity contribution in [1.29, 1.82) is 0 Å². The molecule has 0 radical (unpaired) electrons. The topological polar surface area (TPSA) is 52.3 Å². The average molecular weight is 296 g/mol. The van der Waals surface area contributed by atoms with Gasteiger partial charge in [0.2, 0.25) is 5.88 Å². The standard InChI is InChI=1S/C17H20N4O/c1-5-17(3,4)13-6-8-14(9-7-13)22-15-10-12(2)20-16-18-11-19-21(15)16/h6-11H,5H2,1-4H3. The predicted octanol–water partition coefficient (Wildman–Crippen LogP) is 3.91. The quantitative estimate of drug-likeness (QED) is 0.732. The minimum atomic E-state index is 0.172. The van der Waals surface area contributed by atoms with E-state index < -0.39 is 0 Å². The van der Waals surface area contributed by atoms with Crippen LogP contribution in [0.1, 0.15) is 38.4 Å². The van der Waals surface area contributed by atoms with E-state index in [1.807, 2.05) is 25.1 Å². The third kappa shape index (κ3) is 2.66. The number of ether oxygens (including phenoxy) is 1. The summed E-state index contributed by atoms with van der Waals surface area (Å²) in [5.41, 5.74) is 2.32. The van der Waals surface area contributed by atoms with Gasteiger partial charge in [0.15, 0.2) is 0 Å². The summed E-state index contributed by atoms with van der Waals surface area (Å²) in [4.78, 5) is 8.40. The summed E-state index contributed by atoms with van der Waals surface area (Å²) in [5.74, 6) is 1.93. The van der Waals surface area contributed by atoms with Gasteiger partial charge in [-0.2, -0.15) is 14.6 Å². The molecule has 0 saturated heterocycles. The summed E-state index contributed by atoms with van der Waals surface area (Å²) >= 11 is 0. The van der Waals surface area contributed by atoms with E-state index in [4.69, 9.17) is 4.74 Å². The molecular weight excluding hydrogens is 276 g/mol. The molecule has 0 unspecified atom stereocenters. The molecule has 0 aliphatic heterocycles. The molecule has 3 aromatic rings. The van der Waals surface area contributed by atoms with Crippen LogP contribution < -0.4 is 4.74 Å². The highest BCUT2D eigenvalue weighted by molar-refractivity contribution is 5.37. The molecule has 0 spiro atoms. The minimum absolute atomic E-state index is 0.172. The van der Waals surface area contributed by atoms with E-state index in [0.717, 1.165) is 17.9 Å². The van der Waals surface area contributed by atoms with E-state index in [1.165, 1.54) is 11.9 Å². The first-order valence-corrected chi connectivity index (χ1v) is 7.45. The number of nitrogens with zero attached hydrogens (tertiary/aromatic N) is 4. The lowest BCUT2D eigenvalue weighted by molar-refractivity contribution is 0.443. The maximum absolute atomic E-state index is 5.95. The molecule has 0 N–H and O–H groups in total. The van der Waals surface area contributed by atoms with Gasteiger partial charge in [0.05, 0.1) is 0 Å². The first-order valence-electron chi connectivity index (χ1n) is 7.45. The van der Waals surface area contributed by atoms with Crippen molar-refractivity contribution in [3.63, 3.8) is 0 Å². The SMILES string of the molecule is CCC(C)(C)c1ccc(Oc2cc(C)nc3ncnn23)cc1. The molecule has 22 heavy (non-hydrogen) atoms. The maximum atomic E-state index is 5.95. The van der Waals surface area contributed by atoms with Gasteiger partial charge in [0.25, 0.3) is 5.78 Å². The minimum Gasteiger partial charge on any atom is -0.439 e. The fourth-order valence-electron chi connectivity index (χ4n) is 2.27. The van der Waals surface area contributed by atoms with Gasteiger partial charge in [-0.25, -0.2) is 4.98 Å². The zero-order chi connectivity index (χ0) is 15.7. The van der Waals surface area contributed by atoms with E-state index in [0.29, 0.717) is 11.7 Å². The molecule has 0 fully saturated rings. The number of hydrogen-bond donors (Lipinski definition) is 0. The molecular formula is C17H20N4O. The van der Waals surface area contributed by atoms with Gasteiger partial charge < -0.3 is 4.74 Å². The highest BCUT2D eigenvalue weighted by Gasteiger charge is 2.17. The fourth-order valence-corrected chi connectivity index (χ4v) is 2.27. The van der Waals surface area contributed by atoms with E-state index in [2.05, 4.69) is 48.0 Å². The lowest BCUT2D eigenvalue weighted by Crippen LogP contribution is -2.14. The van der Waals surface area contributed by atoms with Crippen LogP contribution in [0.15, 0.2) is 36.7 Å². The Morgan fingerprint density at radius 1 is 1.18 bits per heavy atom. The molecule has 0 amide bonds. The van der Waals surface area contributed by atoms with Crippen molar-refractivity contribution in [1.82, 2.24) is 19.6 Å². The van der Waals surface area contributed by atoms with Crippen LogP contribution in [0, 0.1) is 6.92 Å². The molecule has 0 aliphatic carbocycles. The van der Waals surface area contributed by atoms with E-state index in [1.54, 1.807) is 4.52 Å². The molecule has 0 aliphatic rings. The monoisotopic (exact) mass is 296 g/mol. The Morgan fingerprint density at radius 3 is 2.59 bits per heavy atom. The van der Waals surface area contributed by atoms with Gasteiger partial charge in [0.1, 0.15) is 12.1 Å². The number of hydrogen-bond acceptors (Lipinski definition) is 4. The van der Waals surface area contributed by atoms with Crippen molar-refractivity contribution in [3.8, 4) is 11.6 Å². The van der Waals surface area contributed by atoms with Crippen molar-refractivity contribution in [3.05, 3.63) is 47.9 Å². The summed E-state index contributed by atoms with van der Waals surface area (Å²) in [6.45, 7) is 8.60. The van der Waals surface area contributed by atoms with E-state index in [9.17, 15) is 0 Å². The Labute approximate surface area is 130 Å². The molecule has 2 aromatic heterocycles. The van der Waals surface area contributed by atoms with Crippen molar-refractivity contribution in [2.24, 2.45) is 0 Å². The maximum Gasteiger partial charge on any atom is 0.255 e. The fraction of sp³-hybridized carbons (Fsp3) is 0.353. The Balaban J connectivity index is 1.91. The molecule has 0 bridgehead atoms. The first-order chi connectivity index (χ1) is 10.5. The number of fused-ring (bicyclic) bond motifs is 1. The van der Waals surface area contributed by atoms with Crippen LogP contribution >= 0.6 is 0 Å². The van der Waals surface area contributed by atoms with Crippen molar-refractivity contribution >= 4 is 5.78 Å². The highest BCUT2D eigenvalue weighted by Crippen LogP contribution is 2.29. The van der Waals surface area contributed by atoms with Crippen molar-refractivity contribution < 1.29 is 4.74 Å². The number of aromatic nitrogens is 4. The molecule has 0 saturated carbocycles. The lowest BCUT2D eigenvalue weighted by atomic mass is 9.82. The van der Waals surface area contributed by atoms with Crippen LogP contribution in [0.25, 0.3) is 5.78 Å². The van der Waals surface area contributed by atoms with Crippen LogP contribution in [0.2, 0.25) is 0 Å². The largest absolute Gasteiger partial charge is 0.439 e. The Hall–Kier alpha value is -2.43. The average Bonchev–Trinajstić information content (AvgIpc) is 2.96. The molecule has 2 heterocycles. The summed E-state index contributed by atoms with van der Waals surface area (Å²) in [6, 6.07) is 10.1. The summed E-state index contributed by atoms with van der Waals surface area (Å²) in [5, 5.41) is 4.14. The zero-order valence-electron chi connectivity index (χ0n) is 13.4. The Morgan fingerprint density at radius 2 is 1.91 bits per heavy atom. The van der Waals surface area contributed by atoms with Crippen LogP contribution in [0.5, 0.6) is 11.6 Å². The molecule has 1 aromatic carbocycles. The predicted molar refractivity (Wildman–Crippen MR) is 85.4 cm³/mol. The van der Waals surface area contributed by atoms with Gasteiger partial charge in [-0.05, 0) is 36.5 Å². The van der Waals surface area contributed by atoms with Crippen molar-refractivity contribution in [2.75, 3.05) is 0 Å². The highest BCUT2D eigenvalue weighted by atomic mass is 16.5. The number of rotatable bonds is 4. The third-order valence-electron chi connectivity index (χ3n) is 4.09. The van der Waals surface area contributed by atoms with Crippen LogP contribution in [-0.4, -0.2) is 19.6 Å². The van der Waals surface area contributed by atoms with Gasteiger partial charge >= 0.3 is 0 Å². The second kappa shape index (κ2) is 5.40. The number of benzene rings is 1. The van der Waals surface area contributed by atoms with Crippen LogP contribution in [0.3, 0.4) is 0 Å².